The van der Waals surface area contributed by atoms with Gasteiger partial charge in [0.1, 0.15) is 9.90 Å². The fourth-order valence-corrected chi connectivity index (χ4v) is 8.41. The summed E-state index contributed by atoms with van der Waals surface area (Å²) in [6, 6.07) is 20.9. The molecule has 1 aliphatic rings. The van der Waals surface area contributed by atoms with Crippen molar-refractivity contribution in [1.82, 2.24) is 9.47 Å². The summed E-state index contributed by atoms with van der Waals surface area (Å²) in [6.07, 6.45) is 0. The molecule has 0 radical (unpaired) electrons. The van der Waals surface area contributed by atoms with Gasteiger partial charge in [-0.2, -0.15) is 11.8 Å². The second kappa shape index (κ2) is 12.1. The van der Waals surface area contributed by atoms with Gasteiger partial charge in [0.15, 0.2) is 0 Å². The fourth-order valence-electron chi connectivity index (χ4n) is 4.85. The first-order valence-corrected chi connectivity index (χ1v) is 16.1. The molecular formula is C28H32N4O4S3. The molecular weight excluding hydrogens is 553 g/mol. The molecule has 0 aliphatic carbocycles. The molecule has 1 amide bonds. The Morgan fingerprint density at radius 2 is 1.85 bits per heavy atom. The van der Waals surface area contributed by atoms with E-state index in [-0.39, 0.29) is 9.46 Å². The lowest BCUT2D eigenvalue weighted by Crippen LogP contribution is -2.41. The number of morpholine rings is 1. The van der Waals surface area contributed by atoms with Gasteiger partial charge in [-0.3, -0.25) is 14.0 Å². The van der Waals surface area contributed by atoms with Crippen molar-refractivity contribution in [1.29, 1.82) is 0 Å². The van der Waals surface area contributed by atoms with Crippen LogP contribution < -0.4 is 10.0 Å². The minimum absolute atomic E-state index is 0.115. The molecule has 1 fully saturated rings. The maximum Gasteiger partial charge on any atom is 0.273 e. The van der Waals surface area contributed by atoms with Crippen LogP contribution in [0.3, 0.4) is 0 Å². The molecule has 8 nitrogen and oxygen atoms in total. The molecule has 3 heterocycles. The highest BCUT2D eigenvalue weighted by atomic mass is 32.2. The van der Waals surface area contributed by atoms with E-state index in [1.54, 1.807) is 36.7 Å². The molecule has 1 unspecified atom stereocenters. The molecule has 2 N–H and O–H groups in total. The van der Waals surface area contributed by atoms with E-state index in [4.69, 9.17) is 10.5 Å². The number of benzene rings is 2. The van der Waals surface area contributed by atoms with E-state index in [1.807, 2.05) is 46.7 Å². The first-order chi connectivity index (χ1) is 18.8. The van der Waals surface area contributed by atoms with Gasteiger partial charge in [-0.1, -0.05) is 48.5 Å². The van der Waals surface area contributed by atoms with E-state index >= 15 is 0 Å². The SMILES string of the molecule is CN(c1cccc2cc(C(N)=O)n(CC(CN3CCOCC3)SCc3ccccc3)c12)S(=O)(=O)c1cccs1. The van der Waals surface area contributed by atoms with E-state index in [0.29, 0.717) is 36.7 Å². The molecule has 206 valence electrons. The number of anilines is 1. The fraction of sp³-hybridized carbons (Fsp3) is 0.321. The highest BCUT2D eigenvalue weighted by Gasteiger charge is 2.28. The van der Waals surface area contributed by atoms with Crippen LogP contribution in [0.25, 0.3) is 10.9 Å². The number of ether oxygens (including phenoxy) is 1. The average molecular weight is 585 g/mol. The van der Waals surface area contributed by atoms with Gasteiger partial charge in [0.05, 0.1) is 24.4 Å². The van der Waals surface area contributed by atoms with E-state index in [9.17, 15) is 13.2 Å². The minimum Gasteiger partial charge on any atom is -0.379 e. The molecule has 1 saturated heterocycles. The van der Waals surface area contributed by atoms with Gasteiger partial charge in [0.2, 0.25) is 0 Å². The molecule has 39 heavy (non-hydrogen) atoms. The van der Waals surface area contributed by atoms with Crippen LogP contribution in [0.1, 0.15) is 16.1 Å². The lowest BCUT2D eigenvalue weighted by molar-refractivity contribution is 0.0377. The molecule has 0 bridgehead atoms. The predicted molar refractivity (Wildman–Crippen MR) is 159 cm³/mol. The van der Waals surface area contributed by atoms with Gasteiger partial charge in [-0.25, -0.2) is 8.42 Å². The highest BCUT2D eigenvalue weighted by Crippen LogP contribution is 2.34. The smallest absolute Gasteiger partial charge is 0.273 e. The first-order valence-electron chi connectivity index (χ1n) is 12.7. The lowest BCUT2D eigenvalue weighted by atomic mass is 10.2. The van der Waals surface area contributed by atoms with Crippen LogP contribution in [-0.4, -0.2) is 68.9 Å². The number of hydrogen-bond donors (Lipinski definition) is 1. The summed E-state index contributed by atoms with van der Waals surface area (Å²) in [6.45, 7) is 4.41. The second-order valence-corrected chi connectivity index (χ2v) is 13.9. The molecule has 1 aliphatic heterocycles. The average Bonchev–Trinajstić information content (AvgIpc) is 3.62. The van der Waals surface area contributed by atoms with E-state index in [0.717, 1.165) is 30.8 Å². The number of para-hydroxylation sites is 1. The van der Waals surface area contributed by atoms with Crippen molar-refractivity contribution in [2.24, 2.45) is 5.73 Å². The van der Waals surface area contributed by atoms with E-state index < -0.39 is 15.9 Å². The van der Waals surface area contributed by atoms with Crippen LogP contribution in [0.4, 0.5) is 5.69 Å². The van der Waals surface area contributed by atoms with Crippen LogP contribution >= 0.6 is 23.1 Å². The summed E-state index contributed by atoms with van der Waals surface area (Å²) in [4.78, 5) is 15.0. The van der Waals surface area contributed by atoms with Crippen LogP contribution in [-0.2, 0) is 27.1 Å². The standard InChI is InChI=1S/C28H32N4O4S3/c1-30(39(34,35)26-11-6-16-37-26)24-10-5-9-22-17-25(28(29)33)32(27(22)24)19-23(18-31-12-14-36-15-13-31)38-20-21-7-3-2-4-8-21/h2-11,16-17,23H,12-15,18-20H2,1H3,(H2,29,33). The quantitative estimate of drug-likeness (QED) is 0.283. The van der Waals surface area contributed by atoms with Crippen LogP contribution in [0.2, 0.25) is 0 Å². The number of carbonyl (C=O) groups is 1. The Bertz CT molecular complexity index is 1520. The number of sulfonamides is 1. The number of carbonyl (C=O) groups excluding carboxylic acids is 1. The zero-order chi connectivity index (χ0) is 27.4. The summed E-state index contributed by atoms with van der Waals surface area (Å²) >= 11 is 3.01. The van der Waals surface area contributed by atoms with Crippen LogP contribution in [0, 0.1) is 0 Å². The third-order valence-electron chi connectivity index (χ3n) is 6.88. The van der Waals surface area contributed by atoms with Gasteiger partial charge in [0, 0.05) is 49.6 Å². The summed E-state index contributed by atoms with van der Waals surface area (Å²) in [5.41, 5.74) is 8.65. The van der Waals surface area contributed by atoms with Gasteiger partial charge in [0.25, 0.3) is 15.9 Å². The number of rotatable bonds is 11. The Morgan fingerprint density at radius 3 is 2.54 bits per heavy atom. The van der Waals surface area contributed by atoms with E-state index in [2.05, 4.69) is 17.0 Å². The topological polar surface area (TPSA) is 97.9 Å². The largest absolute Gasteiger partial charge is 0.379 e. The monoisotopic (exact) mass is 584 g/mol. The number of aromatic nitrogens is 1. The van der Waals surface area contributed by atoms with Gasteiger partial charge >= 0.3 is 0 Å². The molecule has 1 atom stereocenters. The molecule has 2 aromatic heterocycles. The van der Waals surface area contributed by atoms with Crippen molar-refractivity contribution in [2.45, 2.75) is 21.8 Å². The zero-order valence-electron chi connectivity index (χ0n) is 21.7. The molecule has 0 saturated carbocycles. The second-order valence-electron chi connectivity index (χ2n) is 9.46. The molecule has 5 rings (SSSR count). The predicted octanol–water partition coefficient (Wildman–Crippen LogP) is 4.26. The molecule has 2 aromatic carbocycles. The Morgan fingerprint density at radius 1 is 1.08 bits per heavy atom. The van der Waals surface area contributed by atoms with E-state index in [1.165, 1.54) is 21.2 Å². The number of thiophene rings is 1. The molecule has 4 aromatic rings. The van der Waals surface area contributed by atoms with Crippen molar-refractivity contribution < 1.29 is 17.9 Å². The third-order valence-corrected chi connectivity index (χ3v) is 11.3. The minimum atomic E-state index is -3.77. The Kier molecular flexibility index (Phi) is 8.63. The molecule has 11 heteroatoms. The van der Waals surface area contributed by atoms with Crippen molar-refractivity contribution in [3.05, 3.63) is 83.4 Å². The van der Waals surface area contributed by atoms with Crippen molar-refractivity contribution in [3.8, 4) is 0 Å². The Labute approximate surface area is 237 Å². The number of amides is 1. The summed E-state index contributed by atoms with van der Waals surface area (Å²) in [5, 5.41) is 2.63. The zero-order valence-corrected chi connectivity index (χ0v) is 24.2. The Hall–Kier alpha value is -2.83. The number of nitrogens with zero attached hydrogens (tertiary/aromatic N) is 3. The first kappa shape index (κ1) is 27.7. The Balaban J connectivity index is 1.54. The van der Waals surface area contributed by atoms with Crippen molar-refractivity contribution >= 4 is 55.6 Å². The normalized spacial score (nSPS) is 15.4. The number of nitrogens with two attached hydrogens (primary N) is 1. The van der Waals surface area contributed by atoms with Crippen molar-refractivity contribution in [2.75, 3.05) is 44.2 Å². The molecule has 0 spiro atoms. The summed E-state index contributed by atoms with van der Waals surface area (Å²) < 4.78 is 35.9. The third kappa shape index (κ3) is 6.17. The number of thioether (sulfide) groups is 1. The number of primary amides is 1. The van der Waals surface area contributed by atoms with Crippen molar-refractivity contribution in [3.63, 3.8) is 0 Å². The van der Waals surface area contributed by atoms with Gasteiger partial charge in [-0.15, -0.1) is 11.3 Å². The lowest BCUT2D eigenvalue weighted by Gasteiger charge is -2.31. The van der Waals surface area contributed by atoms with Crippen LogP contribution in [0.15, 0.2) is 76.3 Å². The summed E-state index contributed by atoms with van der Waals surface area (Å²) in [5.74, 6) is 0.277. The van der Waals surface area contributed by atoms with Gasteiger partial charge < -0.3 is 15.0 Å². The number of hydrogen-bond acceptors (Lipinski definition) is 7. The summed E-state index contributed by atoms with van der Waals surface area (Å²) in [7, 11) is -2.21. The van der Waals surface area contributed by atoms with Gasteiger partial charge in [-0.05, 0) is 29.1 Å². The van der Waals surface area contributed by atoms with Crippen LogP contribution in [0.5, 0.6) is 0 Å². The maximum atomic E-state index is 13.4. The number of fused-ring (bicyclic) bond motifs is 1. The maximum absolute atomic E-state index is 13.4. The highest BCUT2D eigenvalue weighted by molar-refractivity contribution is 7.99.